The summed E-state index contributed by atoms with van der Waals surface area (Å²) in [6.45, 7) is 5.88. The lowest BCUT2D eigenvalue weighted by Crippen LogP contribution is -2.55. The first-order valence-corrected chi connectivity index (χ1v) is 14.1. The van der Waals surface area contributed by atoms with Crippen LogP contribution in [0.25, 0.3) is 11.1 Å². The third-order valence-corrected chi connectivity index (χ3v) is 7.24. The van der Waals surface area contributed by atoms with E-state index < -0.39 is 17.8 Å². The Bertz CT molecular complexity index is 1450. The van der Waals surface area contributed by atoms with Crippen molar-refractivity contribution >= 4 is 23.3 Å². The Labute approximate surface area is 248 Å². The number of carbonyl (C=O) groups is 2. The second-order valence-corrected chi connectivity index (χ2v) is 9.91. The van der Waals surface area contributed by atoms with Gasteiger partial charge in [0, 0.05) is 63.3 Å². The molecule has 13 heteroatoms. The highest BCUT2D eigenvalue weighted by Crippen LogP contribution is 2.35. The second kappa shape index (κ2) is 13.7. The van der Waals surface area contributed by atoms with Gasteiger partial charge >= 0.3 is 6.18 Å². The molecule has 1 saturated heterocycles. The van der Waals surface area contributed by atoms with Crippen LogP contribution in [-0.2, 0) is 6.18 Å². The lowest BCUT2D eigenvalue weighted by molar-refractivity contribution is -0.141. The molecule has 2 amide bonds. The fourth-order valence-corrected chi connectivity index (χ4v) is 5.14. The molecule has 1 aromatic carbocycles. The number of rotatable bonds is 10. The van der Waals surface area contributed by atoms with Crippen LogP contribution in [0.3, 0.4) is 0 Å². The number of hydrogen-bond acceptors (Lipinski definition) is 8. The summed E-state index contributed by atoms with van der Waals surface area (Å²) >= 11 is 0. The molecule has 1 aliphatic rings. The van der Waals surface area contributed by atoms with Gasteiger partial charge in [0.25, 0.3) is 11.8 Å². The molecule has 3 aromatic rings. The van der Waals surface area contributed by atoms with Crippen molar-refractivity contribution in [3.05, 3.63) is 65.5 Å². The lowest BCUT2D eigenvalue weighted by Gasteiger charge is -2.43. The number of alkyl halides is 3. The number of nitrogens with one attached hydrogen (secondary N) is 2. The van der Waals surface area contributed by atoms with Gasteiger partial charge in [-0.2, -0.15) is 13.2 Å². The molecule has 3 heterocycles. The van der Waals surface area contributed by atoms with Crippen LogP contribution in [0.1, 0.15) is 46.7 Å². The number of hydrogen-bond donors (Lipinski definition) is 3. The van der Waals surface area contributed by atoms with Crippen LogP contribution in [-0.4, -0.2) is 79.1 Å². The van der Waals surface area contributed by atoms with Crippen LogP contribution in [0.15, 0.2) is 48.7 Å². The van der Waals surface area contributed by atoms with E-state index in [0.29, 0.717) is 56.3 Å². The molecule has 0 aliphatic carbocycles. The molecular weight excluding hydrogens is 563 g/mol. The minimum absolute atomic E-state index is 0.0616. The van der Waals surface area contributed by atoms with Crippen LogP contribution in [0.5, 0.6) is 5.88 Å². The number of aromatic nitrogens is 2. The zero-order valence-electron chi connectivity index (χ0n) is 24.4. The second-order valence-electron chi connectivity index (χ2n) is 9.91. The first-order chi connectivity index (χ1) is 20.6. The van der Waals surface area contributed by atoms with Crippen LogP contribution in [0, 0.1) is 0 Å². The molecule has 0 unspecified atom stereocenters. The maximum atomic E-state index is 13.5. The number of ether oxygens (including phenoxy) is 1. The summed E-state index contributed by atoms with van der Waals surface area (Å²) in [5.74, 6) is -0.373. The summed E-state index contributed by atoms with van der Waals surface area (Å²) in [7, 11) is 1.43. The number of nitrogens with zero attached hydrogens (tertiary/aromatic N) is 4. The van der Waals surface area contributed by atoms with Gasteiger partial charge in [-0.3, -0.25) is 9.59 Å². The van der Waals surface area contributed by atoms with Crippen LogP contribution >= 0.6 is 0 Å². The highest BCUT2D eigenvalue weighted by Gasteiger charge is 2.35. The first-order valence-electron chi connectivity index (χ1n) is 14.1. The number of piperazine rings is 1. The summed E-state index contributed by atoms with van der Waals surface area (Å²) in [4.78, 5) is 38.5. The molecular formula is C30H36F3N7O3. The summed E-state index contributed by atoms with van der Waals surface area (Å²) < 4.78 is 45.3. The monoisotopic (exact) mass is 599 g/mol. The Balaban J connectivity index is 1.65. The molecule has 1 fully saturated rings. The van der Waals surface area contributed by atoms with Gasteiger partial charge in [0.2, 0.25) is 5.88 Å². The first kappa shape index (κ1) is 31.5. The molecule has 2 aromatic heterocycles. The lowest BCUT2D eigenvalue weighted by atomic mass is 9.99. The Kier molecular flexibility index (Phi) is 10.1. The van der Waals surface area contributed by atoms with Gasteiger partial charge in [-0.15, -0.1) is 0 Å². The number of carbonyl (C=O) groups excluding carboxylic acids is 2. The SMILES string of the molecule is CCOc1ncccc1-c1ccc(N2CCN(C(=O)c3ccc(C(F)(F)F)nc3NC)C[C@H]2CC)c(C(=O)NCCN)c1. The van der Waals surface area contributed by atoms with Gasteiger partial charge in [0.15, 0.2) is 0 Å². The summed E-state index contributed by atoms with van der Waals surface area (Å²) in [5.41, 5.74) is 7.28. The largest absolute Gasteiger partial charge is 0.478 e. The van der Waals surface area contributed by atoms with Crippen LogP contribution < -0.4 is 26.0 Å². The van der Waals surface area contributed by atoms with Crippen molar-refractivity contribution in [2.45, 2.75) is 32.5 Å². The number of nitrogens with two attached hydrogens (primary N) is 1. The maximum absolute atomic E-state index is 13.5. The molecule has 10 nitrogen and oxygen atoms in total. The van der Waals surface area contributed by atoms with E-state index in [-0.39, 0.29) is 29.9 Å². The van der Waals surface area contributed by atoms with E-state index >= 15 is 0 Å². The van der Waals surface area contributed by atoms with Crippen molar-refractivity contribution in [3.63, 3.8) is 0 Å². The number of halogens is 3. The molecule has 1 atom stereocenters. The maximum Gasteiger partial charge on any atom is 0.433 e. The van der Waals surface area contributed by atoms with Gasteiger partial charge in [-0.1, -0.05) is 13.0 Å². The zero-order valence-corrected chi connectivity index (χ0v) is 24.4. The van der Waals surface area contributed by atoms with Gasteiger partial charge in [-0.05, 0) is 55.3 Å². The van der Waals surface area contributed by atoms with Crippen molar-refractivity contribution in [1.29, 1.82) is 0 Å². The Morgan fingerprint density at radius 3 is 2.58 bits per heavy atom. The summed E-state index contributed by atoms with van der Waals surface area (Å²) in [5, 5.41) is 5.48. The fourth-order valence-electron chi connectivity index (χ4n) is 5.14. The zero-order chi connectivity index (χ0) is 31.1. The number of pyridine rings is 2. The minimum Gasteiger partial charge on any atom is -0.478 e. The number of amides is 2. The molecule has 0 saturated carbocycles. The van der Waals surface area contributed by atoms with Gasteiger partial charge < -0.3 is 30.9 Å². The smallest absolute Gasteiger partial charge is 0.433 e. The van der Waals surface area contributed by atoms with Gasteiger partial charge in [0.05, 0.1) is 17.7 Å². The fraction of sp³-hybridized carbons (Fsp3) is 0.400. The molecule has 4 rings (SSSR count). The van der Waals surface area contributed by atoms with E-state index in [2.05, 4.69) is 25.5 Å². The Hall–Kier alpha value is -4.39. The third-order valence-electron chi connectivity index (χ3n) is 7.24. The van der Waals surface area contributed by atoms with E-state index in [1.165, 1.54) is 7.05 Å². The average Bonchev–Trinajstić information content (AvgIpc) is 3.02. The van der Waals surface area contributed by atoms with E-state index in [1.54, 1.807) is 23.2 Å². The molecule has 43 heavy (non-hydrogen) atoms. The van der Waals surface area contributed by atoms with E-state index in [4.69, 9.17) is 10.5 Å². The van der Waals surface area contributed by atoms with Crippen molar-refractivity contribution < 1.29 is 27.5 Å². The highest BCUT2D eigenvalue weighted by atomic mass is 19.4. The van der Waals surface area contributed by atoms with Crippen molar-refractivity contribution in [2.24, 2.45) is 5.73 Å². The van der Waals surface area contributed by atoms with Gasteiger partial charge in [-0.25, -0.2) is 9.97 Å². The molecule has 0 spiro atoms. The predicted molar refractivity (Wildman–Crippen MR) is 158 cm³/mol. The van der Waals surface area contributed by atoms with Crippen molar-refractivity contribution in [3.8, 4) is 17.0 Å². The Morgan fingerprint density at radius 2 is 1.91 bits per heavy atom. The standard InChI is InChI=1S/C30H36F3N7O3/c1-4-20-18-39(29(42)22-9-11-25(30(31,32)33)38-26(22)35-3)15-16-40(20)24-10-8-19(17-23(24)27(41)36-14-12-34)21-7-6-13-37-28(21)43-5-2/h6-11,13,17,20H,4-5,12,14-16,18,34H2,1-3H3,(H,35,38)(H,36,41)/t20-/m1/s1. The van der Waals surface area contributed by atoms with E-state index in [1.807, 2.05) is 32.0 Å². The topological polar surface area (TPSA) is 126 Å². The van der Waals surface area contributed by atoms with E-state index in [9.17, 15) is 22.8 Å². The van der Waals surface area contributed by atoms with Crippen molar-refractivity contribution in [2.75, 3.05) is 56.6 Å². The van der Waals surface area contributed by atoms with Gasteiger partial charge in [0.1, 0.15) is 11.5 Å². The molecule has 0 radical (unpaired) electrons. The summed E-state index contributed by atoms with van der Waals surface area (Å²) in [6, 6.07) is 11.1. The molecule has 1 aliphatic heterocycles. The number of anilines is 2. The quantitative estimate of drug-likeness (QED) is 0.319. The number of benzene rings is 1. The minimum atomic E-state index is -4.63. The van der Waals surface area contributed by atoms with E-state index in [0.717, 1.165) is 23.3 Å². The summed E-state index contributed by atoms with van der Waals surface area (Å²) in [6.07, 6.45) is -2.33. The van der Waals surface area contributed by atoms with Crippen LogP contribution in [0.2, 0.25) is 0 Å². The molecule has 230 valence electrons. The molecule has 4 N–H and O–H groups in total. The predicted octanol–water partition coefficient (Wildman–Crippen LogP) is 4.03. The molecule has 0 bridgehead atoms. The third kappa shape index (κ3) is 6.99. The Morgan fingerprint density at radius 1 is 1.12 bits per heavy atom. The average molecular weight is 600 g/mol. The van der Waals surface area contributed by atoms with Crippen molar-refractivity contribution in [1.82, 2.24) is 20.2 Å². The van der Waals surface area contributed by atoms with Crippen LogP contribution in [0.4, 0.5) is 24.7 Å². The highest BCUT2D eigenvalue weighted by molar-refractivity contribution is 6.02. The normalized spacial score (nSPS) is 15.3.